The van der Waals surface area contributed by atoms with E-state index >= 15 is 0 Å². The van der Waals surface area contributed by atoms with Crippen LogP contribution in [-0.2, 0) is 4.74 Å². The Morgan fingerprint density at radius 2 is 1.86 bits per heavy atom. The van der Waals surface area contributed by atoms with Crippen molar-refractivity contribution in [1.29, 1.82) is 0 Å². The molecule has 1 aliphatic carbocycles. The third-order valence-corrected chi connectivity index (χ3v) is 4.94. The molecular formula is C17H25N3O2. The molecule has 1 aromatic carbocycles. The molecule has 2 N–H and O–H groups in total. The van der Waals surface area contributed by atoms with E-state index in [2.05, 4.69) is 9.80 Å². The molecule has 1 saturated heterocycles. The molecule has 2 aliphatic rings. The van der Waals surface area contributed by atoms with Gasteiger partial charge >= 0.3 is 5.97 Å². The van der Waals surface area contributed by atoms with Crippen LogP contribution in [0.1, 0.15) is 36.0 Å². The van der Waals surface area contributed by atoms with Gasteiger partial charge in [0, 0.05) is 32.2 Å². The second kappa shape index (κ2) is 6.57. The Hall–Kier alpha value is -1.75. The summed E-state index contributed by atoms with van der Waals surface area (Å²) in [4.78, 5) is 16.5. The lowest BCUT2D eigenvalue weighted by Gasteiger charge is -2.39. The summed E-state index contributed by atoms with van der Waals surface area (Å²) in [5.74, 6) is -0.343. The van der Waals surface area contributed by atoms with Gasteiger partial charge in [-0.15, -0.1) is 0 Å². The molecule has 1 heterocycles. The average Bonchev–Trinajstić information content (AvgIpc) is 3.08. The van der Waals surface area contributed by atoms with Gasteiger partial charge < -0.3 is 15.4 Å². The van der Waals surface area contributed by atoms with Gasteiger partial charge in [0.25, 0.3) is 0 Å². The molecule has 0 unspecified atom stereocenters. The normalized spacial score (nSPS) is 20.3. The highest BCUT2D eigenvalue weighted by Gasteiger charge is 2.26. The van der Waals surface area contributed by atoms with Gasteiger partial charge in [0.15, 0.2) is 0 Å². The van der Waals surface area contributed by atoms with Crippen LogP contribution in [0.3, 0.4) is 0 Å². The van der Waals surface area contributed by atoms with Gasteiger partial charge in [-0.3, -0.25) is 4.90 Å². The quantitative estimate of drug-likeness (QED) is 0.684. The first-order valence-corrected chi connectivity index (χ1v) is 8.16. The zero-order valence-corrected chi connectivity index (χ0v) is 13.3. The van der Waals surface area contributed by atoms with Gasteiger partial charge in [0.05, 0.1) is 24.0 Å². The Kier molecular flexibility index (Phi) is 4.52. The molecule has 0 spiro atoms. The van der Waals surface area contributed by atoms with Crippen LogP contribution in [-0.4, -0.2) is 50.2 Å². The standard InChI is InChI=1S/C17H25N3O2/c1-22-17(21)13-6-7-16(15(18)12-13)20-10-8-19(9-11-20)14-4-2-3-5-14/h6-7,12,14H,2-5,8-11,18H2,1H3. The summed E-state index contributed by atoms with van der Waals surface area (Å²) in [6.07, 6.45) is 5.48. The maximum atomic E-state index is 11.5. The van der Waals surface area contributed by atoms with Crippen molar-refractivity contribution < 1.29 is 9.53 Å². The average molecular weight is 303 g/mol. The van der Waals surface area contributed by atoms with Gasteiger partial charge in [0.2, 0.25) is 0 Å². The topological polar surface area (TPSA) is 58.8 Å². The largest absolute Gasteiger partial charge is 0.465 e. The summed E-state index contributed by atoms with van der Waals surface area (Å²) in [6.45, 7) is 4.20. The number of benzene rings is 1. The summed E-state index contributed by atoms with van der Waals surface area (Å²) in [6, 6.07) is 6.24. The zero-order chi connectivity index (χ0) is 15.5. The van der Waals surface area contributed by atoms with E-state index in [1.807, 2.05) is 6.07 Å². The second-order valence-electron chi connectivity index (χ2n) is 6.23. The Labute approximate surface area is 132 Å². The van der Waals surface area contributed by atoms with Crippen LogP contribution < -0.4 is 10.6 Å². The van der Waals surface area contributed by atoms with Crippen molar-refractivity contribution >= 4 is 17.3 Å². The highest BCUT2D eigenvalue weighted by atomic mass is 16.5. The van der Waals surface area contributed by atoms with Crippen molar-refractivity contribution in [2.24, 2.45) is 0 Å². The van der Waals surface area contributed by atoms with Crippen molar-refractivity contribution in [2.45, 2.75) is 31.7 Å². The fourth-order valence-corrected chi connectivity index (χ4v) is 3.68. The lowest BCUT2D eigenvalue weighted by molar-refractivity contribution is 0.0601. The maximum absolute atomic E-state index is 11.5. The molecule has 0 amide bonds. The van der Waals surface area contributed by atoms with Crippen LogP contribution in [0.2, 0.25) is 0 Å². The predicted octanol–water partition coefficient (Wildman–Crippen LogP) is 2.12. The fraction of sp³-hybridized carbons (Fsp3) is 0.588. The number of hydrogen-bond donors (Lipinski definition) is 1. The molecule has 5 heteroatoms. The number of methoxy groups -OCH3 is 1. The minimum atomic E-state index is -0.343. The summed E-state index contributed by atoms with van der Waals surface area (Å²) in [5.41, 5.74) is 8.32. The van der Waals surface area contributed by atoms with Gasteiger partial charge in [-0.25, -0.2) is 4.79 Å². The van der Waals surface area contributed by atoms with Crippen LogP contribution >= 0.6 is 0 Å². The number of hydrogen-bond acceptors (Lipinski definition) is 5. The number of nitrogens with two attached hydrogens (primary N) is 1. The Bertz CT molecular complexity index is 533. The molecule has 0 radical (unpaired) electrons. The SMILES string of the molecule is COC(=O)c1ccc(N2CCN(C3CCCC3)CC2)c(N)c1. The summed E-state index contributed by atoms with van der Waals surface area (Å²) >= 11 is 0. The van der Waals surface area contributed by atoms with Crippen molar-refractivity contribution in [3.63, 3.8) is 0 Å². The van der Waals surface area contributed by atoms with E-state index in [0.29, 0.717) is 11.3 Å². The fourth-order valence-electron chi connectivity index (χ4n) is 3.68. The van der Waals surface area contributed by atoms with E-state index in [1.165, 1.54) is 32.8 Å². The first kappa shape index (κ1) is 15.2. The minimum absolute atomic E-state index is 0.343. The zero-order valence-electron chi connectivity index (χ0n) is 13.3. The van der Waals surface area contributed by atoms with Crippen LogP contribution in [0.15, 0.2) is 18.2 Å². The van der Waals surface area contributed by atoms with E-state index in [0.717, 1.165) is 37.9 Å². The van der Waals surface area contributed by atoms with E-state index in [4.69, 9.17) is 10.5 Å². The number of piperazine rings is 1. The third kappa shape index (κ3) is 3.04. The third-order valence-electron chi connectivity index (χ3n) is 4.94. The molecular weight excluding hydrogens is 278 g/mol. The van der Waals surface area contributed by atoms with Gasteiger partial charge in [-0.05, 0) is 31.0 Å². The first-order valence-electron chi connectivity index (χ1n) is 8.16. The van der Waals surface area contributed by atoms with Gasteiger partial charge in [-0.2, -0.15) is 0 Å². The molecule has 2 fully saturated rings. The molecule has 1 saturated carbocycles. The van der Waals surface area contributed by atoms with E-state index in [1.54, 1.807) is 12.1 Å². The molecule has 1 aromatic rings. The highest BCUT2D eigenvalue weighted by Crippen LogP contribution is 2.28. The number of carbonyl (C=O) groups excluding carboxylic acids is 1. The molecule has 22 heavy (non-hydrogen) atoms. The number of esters is 1. The Morgan fingerprint density at radius 1 is 1.18 bits per heavy atom. The Morgan fingerprint density at radius 3 is 2.45 bits per heavy atom. The van der Waals surface area contributed by atoms with Crippen molar-refractivity contribution in [1.82, 2.24) is 4.90 Å². The summed E-state index contributed by atoms with van der Waals surface area (Å²) < 4.78 is 4.73. The molecule has 0 aromatic heterocycles. The van der Waals surface area contributed by atoms with Gasteiger partial charge in [-0.1, -0.05) is 12.8 Å². The van der Waals surface area contributed by atoms with Crippen molar-refractivity contribution in [3.05, 3.63) is 23.8 Å². The number of nitrogen functional groups attached to an aromatic ring is 1. The van der Waals surface area contributed by atoms with Crippen LogP contribution in [0.5, 0.6) is 0 Å². The number of ether oxygens (including phenoxy) is 1. The van der Waals surface area contributed by atoms with Gasteiger partial charge in [0.1, 0.15) is 0 Å². The minimum Gasteiger partial charge on any atom is -0.465 e. The molecule has 5 nitrogen and oxygen atoms in total. The first-order chi connectivity index (χ1) is 10.7. The number of rotatable bonds is 3. The summed E-state index contributed by atoms with van der Waals surface area (Å²) in [5, 5.41) is 0. The van der Waals surface area contributed by atoms with Crippen LogP contribution in [0.25, 0.3) is 0 Å². The maximum Gasteiger partial charge on any atom is 0.337 e. The summed E-state index contributed by atoms with van der Waals surface area (Å²) in [7, 11) is 1.38. The molecule has 0 atom stereocenters. The van der Waals surface area contributed by atoms with Crippen LogP contribution in [0.4, 0.5) is 11.4 Å². The molecule has 1 aliphatic heterocycles. The monoisotopic (exact) mass is 303 g/mol. The molecule has 0 bridgehead atoms. The highest BCUT2D eigenvalue weighted by molar-refractivity contribution is 5.92. The molecule has 3 rings (SSSR count). The number of carbonyl (C=O) groups is 1. The second-order valence-corrected chi connectivity index (χ2v) is 6.23. The predicted molar refractivity (Wildman–Crippen MR) is 88.2 cm³/mol. The Balaban J connectivity index is 1.64. The van der Waals surface area contributed by atoms with Crippen molar-refractivity contribution in [2.75, 3.05) is 43.9 Å². The molecule has 120 valence electrons. The smallest absolute Gasteiger partial charge is 0.337 e. The van der Waals surface area contributed by atoms with E-state index in [9.17, 15) is 4.79 Å². The van der Waals surface area contributed by atoms with E-state index < -0.39 is 0 Å². The lowest BCUT2D eigenvalue weighted by atomic mass is 10.1. The van der Waals surface area contributed by atoms with Crippen LogP contribution in [0, 0.1) is 0 Å². The lowest BCUT2D eigenvalue weighted by Crippen LogP contribution is -2.49. The number of nitrogens with zero attached hydrogens (tertiary/aromatic N) is 2. The van der Waals surface area contributed by atoms with Crippen molar-refractivity contribution in [3.8, 4) is 0 Å². The number of anilines is 2. The van der Waals surface area contributed by atoms with E-state index in [-0.39, 0.29) is 5.97 Å².